The molecule has 0 aromatic heterocycles. The Morgan fingerprint density at radius 1 is 1.31 bits per heavy atom. The average Bonchev–Trinajstić information content (AvgIpc) is 2.95. The summed E-state index contributed by atoms with van der Waals surface area (Å²) in [6.07, 6.45) is 8.02. The second kappa shape index (κ2) is 3.97. The van der Waals surface area contributed by atoms with Gasteiger partial charge in [-0.15, -0.1) is 0 Å². The highest BCUT2D eigenvalue weighted by molar-refractivity contribution is 4.92. The average molecular weight is 183 g/mol. The van der Waals surface area contributed by atoms with Crippen molar-refractivity contribution in [1.29, 1.82) is 0 Å². The molecule has 2 nitrogen and oxygen atoms in total. The van der Waals surface area contributed by atoms with E-state index in [1.54, 1.807) is 0 Å². The third-order valence-electron chi connectivity index (χ3n) is 3.41. The van der Waals surface area contributed by atoms with Crippen LogP contribution in [0.3, 0.4) is 0 Å². The van der Waals surface area contributed by atoms with Crippen molar-refractivity contribution >= 4 is 0 Å². The maximum absolute atomic E-state index is 5.71. The minimum Gasteiger partial charge on any atom is -0.381 e. The van der Waals surface area contributed by atoms with E-state index in [9.17, 15) is 0 Å². The molecule has 0 radical (unpaired) electrons. The third-order valence-corrected chi connectivity index (χ3v) is 3.41. The first-order valence-corrected chi connectivity index (χ1v) is 5.62. The van der Waals surface area contributed by atoms with Crippen LogP contribution in [0.25, 0.3) is 0 Å². The maximum atomic E-state index is 5.71. The highest BCUT2D eigenvalue weighted by Gasteiger charge is 2.41. The molecule has 0 unspecified atom stereocenters. The largest absolute Gasteiger partial charge is 0.381 e. The zero-order valence-corrected chi connectivity index (χ0v) is 8.43. The molecule has 13 heavy (non-hydrogen) atoms. The molecule has 0 aliphatic heterocycles. The van der Waals surface area contributed by atoms with Crippen LogP contribution in [0, 0.1) is 11.3 Å². The molecule has 2 saturated carbocycles. The smallest absolute Gasteiger partial charge is 0.0522 e. The fourth-order valence-corrected chi connectivity index (χ4v) is 1.89. The quantitative estimate of drug-likeness (QED) is 0.612. The van der Waals surface area contributed by atoms with Gasteiger partial charge in [0.2, 0.25) is 0 Å². The summed E-state index contributed by atoms with van der Waals surface area (Å²) in [4.78, 5) is 0. The van der Waals surface area contributed by atoms with Crippen molar-refractivity contribution < 1.29 is 4.74 Å². The fraction of sp³-hybridized carbons (Fsp3) is 1.00. The Kier molecular flexibility index (Phi) is 2.89. The van der Waals surface area contributed by atoms with Crippen LogP contribution in [0.1, 0.15) is 38.5 Å². The molecular formula is C11H21NO. The van der Waals surface area contributed by atoms with Gasteiger partial charge in [0.05, 0.1) is 6.61 Å². The van der Waals surface area contributed by atoms with Gasteiger partial charge in [0.25, 0.3) is 0 Å². The first-order chi connectivity index (χ1) is 6.35. The summed E-state index contributed by atoms with van der Waals surface area (Å²) in [6.45, 7) is 2.78. The van der Waals surface area contributed by atoms with Crippen molar-refractivity contribution in [2.75, 3.05) is 19.8 Å². The van der Waals surface area contributed by atoms with Gasteiger partial charge in [0, 0.05) is 6.61 Å². The van der Waals surface area contributed by atoms with Crippen molar-refractivity contribution in [2.45, 2.75) is 38.5 Å². The molecule has 2 fully saturated rings. The number of hydrogen-bond donors (Lipinski definition) is 1. The molecule has 2 rings (SSSR count). The van der Waals surface area contributed by atoms with Crippen LogP contribution in [0.15, 0.2) is 0 Å². The van der Waals surface area contributed by atoms with E-state index in [-0.39, 0.29) is 0 Å². The van der Waals surface area contributed by atoms with Gasteiger partial charge in [-0.1, -0.05) is 12.8 Å². The molecule has 2 aliphatic rings. The number of rotatable bonds is 7. The summed E-state index contributed by atoms with van der Waals surface area (Å²) in [5.41, 5.74) is 6.07. The Balaban J connectivity index is 1.51. The number of ether oxygens (including phenoxy) is 1. The Hall–Kier alpha value is -0.0800. The molecule has 0 aromatic rings. The van der Waals surface area contributed by atoms with Crippen LogP contribution in [0.5, 0.6) is 0 Å². The number of nitrogens with two attached hydrogens (primary N) is 1. The molecule has 76 valence electrons. The van der Waals surface area contributed by atoms with Crippen molar-refractivity contribution in [3.8, 4) is 0 Å². The molecule has 0 atom stereocenters. The normalized spacial score (nSPS) is 24.7. The van der Waals surface area contributed by atoms with Crippen LogP contribution >= 0.6 is 0 Å². The second-order valence-corrected chi connectivity index (χ2v) is 4.82. The SMILES string of the molecule is NCCC1(COCCC2CC2)CC1. The molecule has 0 spiro atoms. The van der Waals surface area contributed by atoms with E-state index < -0.39 is 0 Å². The van der Waals surface area contributed by atoms with Gasteiger partial charge < -0.3 is 10.5 Å². The summed E-state index contributed by atoms with van der Waals surface area (Å²) in [7, 11) is 0. The molecule has 0 bridgehead atoms. The van der Waals surface area contributed by atoms with E-state index in [1.807, 2.05) is 0 Å². The van der Waals surface area contributed by atoms with Crippen LogP contribution in [0.2, 0.25) is 0 Å². The van der Waals surface area contributed by atoms with E-state index >= 15 is 0 Å². The lowest BCUT2D eigenvalue weighted by Crippen LogP contribution is -2.16. The molecule has 0 saturated heterocycles. The van der Waals surface area contributed by atoms with Gasteiger partial charge in [0.1, 0.15) is 0 Å². The van der Waals surface area contributed by atoms with E-state index in [1.165, 1.54) is 32.1 Å². The predicted octanol–water partition coefficient (Wildman–Crippen LogP) is 1.93. The maximum Gasteiger partial charge on any atom is 0.0522 e. The second-order valence-electron chi connectivity index (χ2n) is 4.82. The zero-order chi connectivity index (χ0) is 9.15. The molecular weight excluding hydrogens is 162 g/mol. The molecule has 2 aliphatic carbocycles. The molecule has 2 N–H and O–H groups in total. The summed E-state index contributed by atoms with van der Waals surface area (Å²) >= 11 is 0. The third kappa shape index (κ3) is 2.96. The lowest BCUT2D eigenvalue weighted by Gasteiger charge is -2.13. The van der Waals surface area contributed by atoms with Gasteiger partial charge in [-0.25, -0.2) is 0 Å². The van der Waals surface area contributed by atoms with Crippen LogP contribution in [-0.2, 0) is 4.74 Å². The van der Waals surface area contributed by atoms with Crippen molar-refractivity contribution in [1.82, 2.24) is 0 Å². The topological polar surface area (TPSA) is 35.2 Å². The molecule has 0 amide bonds. The van der Waals surface area contributed by atoms with Crippen LogP contribution in [0.4, 0.5) is 0 Å². The van der Waals surface area contributed by atoms with E-state index in [4.69, 9.17) is 10.5 Å². The summed E-state index contributed by atoms with van der Waals surface area (Å²) < 4.78 is 5.71. The summed E-state index contributed by atoms with van der Waals surface area (Å²) in [5, 5.41) is 0. The molecule has 2 heteroatoms. The first kappa shape index (κ1) is 9.47. The molecule has 0 aromatic carbocycles. The Morgan fingerprint density at radius 2 is 2.08 bits per heavy atom. The minimum atomic E-state index is 0.512. The van der Waals surface area contributed by atoms with E-state index in [0.29, 0.717) is 5.41 Å². The Labute approximate surface area is 80.8 Å². The highest BCUT2D eigenvalue weighted by atomic mass is 16.5. The Morgan fingerprint density at radius 3 is 2.62 bits per heavy atom. The van der Waals surface area contributed by atoms with Gasteiger partial charge in [-0.2, -0.15) is 0 Å². The van der Waals surface area contributed by atoms with Gasteiger partial charge in [-0.05, 0) is 43.6 Å². The predicted molar refractivity (Wildman–Crippen MR) is 53.5 cm³/mol. The van der Waals surface area contributed by atoms with Crippen molar-refractivity contribution in [2.24, 2.45) is 17.1 Å². The van der Waals surface area contributed by atoms with Crippen LogP contribution < -0.4 is 5.73 Å². The first-order valence-electron chi connectivity index (χ1n) is 5.62. The summed E-state index contributed by atoms with van der Waals surface area (Å²) in [5.74, 6) is 1.00. The summed E-state index contributed by atoms with van der Waals surface area (Å²) in [6, 6.07) is 0. The Bertz CT molecular complexity index is 161. The highest BCUT2D eigenvalue weighted by Crippen LogP contribution is 2.48. The minimum absolute atomic E-state index is 0.512. The van der Waals surface area contributed by atoms with Gasteiger partial charge in [0.15, 0.2) is 0 Å². The van der Waals surface area contributed by atoms with E-state index in [0.717, 1.165) is 32.1 Å². The standard InChI is InChI=1S/C11H21NO/c12-7-6-11(4-5-11)9-13-8-3-10-1-2-10/h10H,1-9,12H2. The monoisotopic (exact) mass is 183 g/mol. The van der Waals surface area contributed by atoms with Gasteiger partial charge in [-0.3, -0.25) is 0 Å². The van der Waals surface area contributed by atoms with Gasteiger partial charge >= 0.3 is 0 Å². The lowest BCUT2D eigenvalue weighted by molar-refractivity contribution is 0.0833. The fourth-order valence-electron chi connectivity index (χ4n) is 1.89. The lowest BCUT2D eigenvalue weighted by atomic mass is 10.0. The van der Waals surface area contributed by atoms with E-state index in [2.05, 4.69) is 0 Å². The van der Waals surface area contributed by atoms with Crippen molar-refractivity contribution in [3.63, 3.8) is 0 Å². The molecule has 0 heterocycles. The zero-order valence-electron chi connectivity index (χ0n) is 8.43. The number of hydrogen-bond acceptors (Lipinski definition) is 2. The van der Waals surface area contributed by atoms with Crippen LogP contribution in [-0.4, -0.2) is 19.8 Å². The van der Waals surface area contributed by atoms with Crippen molar-refractivity contribution in [3.05, 3.63) is 0 Å².